The maximum absolute atomic E-state index is 4.73. The van der Waals surface area contributed by atoms with Crippen LogP contribution in [0.3, 0.4) is 0 Å². The lowest BCUT2D eigenvalue weighted by atomic mass is 10.1. The fourth-order valence-electron chi connectivity index (χ4n) is 3.09. The molecular weight excluding hydrogens is 248 g/mol. The van der Waals surface area contributed by atoms with Crippen molar-refractivity contribution in [2.24, 2.45) is 0 Å². The van der Waals surface area contributed by atoms with E-state index in [1.54, 1.807) is 0 Å². The largest absolute Gasteiger partial charge is 0.315 e. The number of piperidine rings is 1. The van der Waals surface area contributed by atoms with Gasteiger partial charge in [0.1, 0.15) is 5.65 Å². The van der Waals surface area contributed by atoms with Gasteiger partial charge in [0.05, 0.1) is 5.69 Å². The highest BCUT2D eigenvalue weighted by Gasteiger charge is 2.21. The summed E-state index contributed by atoms with van der Waals surface area (Å²) in [6, 6.07) is 6.82. The summed E-state index contributed by atoms with van der Waals surface area (Å²) in [7, 11) is 0. The highest BCUT2D eigenvalue weighted by atomic mass is 15.2. The highest BCUT2D eigenvalue weighted by Crippen LogP contribution is 2.15. The molecule has 2 aromatic rings. The quantitative estimate of drug-likeness (QED) is 0.906. The van der Waals surface area contributed by atoms with E-state index in [0.717, 1.165) is 25.3 Å². The lowest BCUT2D eigenvalue weighted by Crippen LogP contribution is -2.45. The molecule has 0 aromatic carbocycles. The maximum atomic E-state index is 4.73. The van der Waals surface area contributed by atoms with Crippen molar-refractivity contribution in [1.82, 2.24) is 19.6 Å². The summed E-state index contributed by atoms with van der Waals surface area (Å²) in [5.41, 5.74) is 2.22. The predicted octanol–water partition coefficient (Wildman–Crippen LogP) is 2.30. The molecule has 3 rings (SSSR count). The van der Waals surface area contributed by atoms with Gasteiger partial charge in [-0.25, -0.2) is 4.98 Å². The van der Waals surface area contributed by atoms with Crippen LogP contribution in [-0.4, -0.2) is 40.0 Å². The molecule has 1 aliphatic heterocycles. The van der Waals surface area contributed by atoms with E-state index in [9.17, 15) is 0 Å². The number of hydrogen-bond donors (Lipinski definition) is 1. The van der Waals surface area contributed by atoms with Gasteiger partial charge >= 0.3 is 0 Å². The Balaban J connectivity index is 1.74. The van der Waals surface area contributed by atoms with E-state index in [-0.39, 0.29) is 0 Å². The summed E-state index contributed by atoms with van der Waals surface area (Å²) in [6.07, 6.45) is 8.02. The molecule has 4 heteroatoms. The summed E-state index contributed by atoms with van der Waals surface area (Å²) in [4.78, 5) is 7.32. The zero-order valence-corrected chi connectivity index (χ0v) is 12.3. The standard InChI is InChI=1S/C16H24N4/c1-2-9-19(15-6-5-8-17-11-15)12-14-13-20-10-4-3-7-16(20)18-14/h3-4,7,10,13,15,17H,2,5-6,8-9,11-12H2,1H3. The van der Waals surface area contributed by atoms with Gasteiger partial charge in [0, 0.05) is 31.5 Å². The Morgan fingerprint density at radius 3 is 3.15 bits per heavy atom. The summed E-state index contributed by atoms with van der Waals surface area (Å²) < 4.78 is 2.11. The third-order valence-electron chi connectivity index (χ3n) is 4.08. The van der Waals surface area contributed by atoms with Gasteiger partial charge in [-0.15, -0.1) is 0 Å². The monoisotopic (exact) mass is 272 g/mol. The second kappa shape index (κ2) is 6.37. The third kappa shape index (κ3) is 3.02. The molecule has 0 amide bonds. The first kappa shape index (κ1) is 13.6. The molecule has 1 N–H and O–H groups in total. The van der Waals surface area contributed by atoms with Crippen LogP contribution in [-0.2, 0) is 6.54 Å². The minimum atomic E-state index is 0.661. The van der Waals surface area contributed by atoms with E-state index >= 15 is 0 Å². The van der Waals surface area contributed by atoms with Crippen LogP contribution >= 0.6 is 0 Å². The summed E-state index contributed by atoms with van der Waals surface area (Å²) >= 11 is 0. The molecule has 4 nitrogen and oxygen atoms in total. The molecule has 1 fully saturated rings. The van der Waals surface area contributed by atoms with Crippen molar-refractivity contribution in [2.75, 3.05) is 19.6 Å². The Hall–Kier alpha value is -1.39. The van der Waals surface area contributed by atoms with Crippen molar-refractivity contribution in [3.05, 3.63) is 36.3 Å². The minimum absolute atomic E-state index is 0.661. The molecule has 20 heavy (non-hydrogen) atoms. The lowest BCUT2D eigenvalue weighted by Gasteiger charge is -2.34. The van der Waals surface area contributed by atoms with Crippen molar-refractivity contribution in [3.8, 4) is 0 Å². The number of nitrogens with zero attached hydrogens (tertiary/aromatic N) is 3. The molecule has 1 saturated heterocycles. The molecule has 0 aliphatic carbocycles. The van der Waals surface area contributed by atoms with Crippen LogP contribution in [0.25, 0.3) is 5.65 Å². The molecule has 2 aromatic heterocycles. The number of fused-ring (bicyclic) bond motifs is 1. The van der Waals surface area contributed by atoms with Gasteiger partial charge in [0.2, 0.25) is 0 Å². The Morgan fingerprint density at radius 2 is 2.40 bits per heavy atom. The molecule has 0 radical (unpaired) electrons. The van der Waals surface area contributed by atoms with Gasteiger partial charge in [0.25, 0.3) is 0 Å². The number of aromatic nitrogens is 2. The SMILES string of the molecule is CCCN(Cc1cn2ccccc2n1)C1CCCNC1. The first-order valence-electron chi connectivity index (χ1n) is 7.74. The fourth-order valence-corrected chi connectivity index (χ4v) is 3.09. The number of pyridine rings is 1. The van der Waals surface area contributed by atoms with Crippen LogP contribution in [0.2, 0.25) is 0 Å². The van der Waals surface area contributed by atoms with Gasteiger partial charge in [-0.1, -0.05) is 13.0 Å². The second-order valence-corrected chi connectivity index (χ2v) is 5.67. The molecule has 108 valence electrons. The number of rotatable bonds is 5. The van der Waals surface area contributed by atoms with E-state index in [0.29, 0.717) is 6.04 Å². The van der Waals surface area contributed by atoms with Crippen molar-refractivity contribution in [1.29, 1.82) is 0 Å². The van der Waals surface area contributed by atoms with Crippen LogP contribution in [0, 0.1) is 0 Å². The first-order chi connectivity index (χ1) is 9.86. The Labute approximate surface area is 120 Å². The van der Waals surface area contributed by atoms with Crippen molar-refractivity contribution >= 4 is 5.65 Å². The summed E-state index contributed by atoms with van der Waals surface area (Å²) in [6.45, 7) is 6.66. The number of nitrogens with one attached hydrogen (secondary N) is 1. The van der Waals surface area contributed by atoms with E-state index in [1.165, 1.54) is 31.5 Å². The molecule has 1 atom stereocenters. The van der Waals surface area contributed by atoms with E-state index < -0.39 is 0 Å². The van der Waals surface area contributed by atoms with Crippen LogP contribution in [0.5, 0.6) is 0 Å². The average Bonchev–Trinajstić information content (AvgIpc) is 2.90. The van der Waals surface area contributed by atoms with E-state index in [4.69, 9.17) is 4.98 Å². The Bertz CT molecular complexity index is 509. The number of hydrogen-bond acceptors (Lipinski definition) is 3. The highest BCUT2D eigenvalue weighted by molar-refractivity contribution is 5.39. The van der Waals surface area contributed by atoms with Crippen LogP contribution in [0.4, 0.5) is 0 Å². The van der Waals surface area contributed by atoms with Crippen LogP contribution in [0.1, 0.15) is 31.9 Å². The maximum Gasteiger partial charge on any atom is 0.137 e. The molecule has 1 aliphatic rings. The number of imidazole rings is 1. The molecule has 0 bridgehead atoms. The lowest BCUT2D eigenvalue weighted by molar-refractivity contribution is 0.156. The topological polar surface area (TPSA) is 32.6 Å². The summed E-state index contributed by atoms with van der Waals surface area (Å²) in [5, 5.41) is 3.52. The minimum Gasteiger partial charge on any atom is -0.315 e. The van der Waals surface area contributed by atoms with Gasteiger partial charge in [0.15, 0.2) is 0 Å². The van der Waals surface area contributed by atoms with Gasteiger partial charge < -0.3 is 9.72 Å². The van der Waals surface area contributed by atoms with E-state index in [1.807, 2.05) is 12.1 Å². The fraction of sp³-hybridized carbons (Fsp3) is 0.562. The predicted molar refractivity (Wildman–Crippen MR) is 81.8 cm³/mol. The molecule has 0 saturated carbocycles. The third-order valence-corrected chi connectivity index (χ3v) is 4.08. The molecular formula is C16H24N4. The molecule has 3 heterocycles. The van der Waals surface area contributed by atoms with Crippen LogP contribution in [0.15, 0.2) is 30.6 Å². The zero-order chi connectivity index (χ0) is 13.8. The van der Waals surface area contributed by atoms with Crippen molar-refractivity contribution in [3.63, 3.8) is 0 Å². The van der Waals surface area contributed by atoms with Crippen LogP contribution < -0.4 is 5.32 Å². The zero-order valence-electron chi connectivity index (χ0n) is 12.3. The normalized spacial score (nSPS) is 19.8. The molecule has 1 unspecified atom stereocenters. The molecule has 0 spiro atoms. The van der Waals surface area contributed by atoms with E-state index in [2.05, 4.69) is 40.0 Å². The smallest absolute Gasteiger partial charge is 0.137 e. The second-order valence-electron chi connectivity index (χ2n) is 5.67. The summed E-state index contributed by atoms with van der Waals surface area (Å²) in [5.74, 6) is 0. The van der Waals surface area contributed by atoms with Gasteiger partial charge in [-0.05, 0) is 44.5 Å². The van der Waals surface area contributed by atoms with Crippen molar-refractivity contribution in [2.45, 2.75) is 38.8 Å². The van der Waals surface area contributed by atoms with Crippen molar-refractivity contribution < 1.29 is 0 Å². The van der Waals surface area contributed by atoms with Gasteiger partial charge in [-0.3, -0.25) is 4.90 Å². The Kier molecular flexibility index (Phi) is 4.33. The first-order valence-corrected chi connectivity index (χ1v) is 7.74. The average molecular weight is 272 g/mol. The van der Waals surface area contributed by atoms with Gasteiger partial charge in [-0.2, -0.15) is 0 Å². The Morgan fingerprint density at radius 1 is 1.45 bits per heavy atom.